The highest BCUT2D eigenvalue weighted by atomic mass is 16.5. The van der Waals surface area contributed by atoms with Gasteiger partial charge in [-0.1, -0.05) is 0 Å². The lowest BCUT2D eigenvalue weighted by Crippen LogP contribution is -2.32. The number of hydrogen-bond acceptors (Lipinski definition) is 5. The maximum Gasteiger partial charge on any atom is 0.360 e. The van der Waals surface area contributed by atoms with Gasteiger partial charge in [0.25, 0.3) is 0 Å². The summed E-state index contributed by atoms with van der Waals surface area (Å²) in [7, 11) is 0. The highest BCUT2D eigenvalue weighted by molar-refractivity contribution is 5.92. The Bertz CT molecular complexity index is 388. The van der Waals surface area contributed by atoms with Crippen LogP contribution in [-0.2, 0) is 11.3 Å². The summed E-state index contributed by atoms with van der Waals surface area (Å²) in [5.74, 6) is 0.745. The zero-order valence-electron chi connectivity index (χ0n) is 9.27. The number of rotatable bonds is 3. The van der Waals surface area contributed by atoms with Gasteiger partial charge in [-0.2, -0.15) is 0 Å². The Hall–Kier alpha value is -1.56. The number of nitrogens with zero attached hydrogens (tertiary/aromatic N) is 2. The standard InChI is InChI=1S/C10H16N4O2/c1-2-16-10(15)8-9-12-4-7(3-11)5-14(9)6-13-8/h6-7,12H,2-5,11H2,1H3. The Morgan fingerprint density at radius 1 is 1.81 bits per heavy atom. The first-order valence-electron chi connectivity index (χ1n) is 5.42. The van der Waals surface area contributed by atoms with Crippen molar-refractivity contribution in [1.29, 1.82) is 0 Å². The van der Waals surface area contributed by atoms with Gasteiger partial charge in [0.15, 0.2) is 5.69 Å². The quantitative estimate of drug-likeness (QED) is 0.709. The van der Waals surface area contributed by atoms with Gasteiger partial charge in [-0.15, -0.1) is 0 Å². The molecule has 88 valence electrons. The molecule has 2 rings (SSSR count). The molecule has 0 saturated heterocycles. The number of aromatic nitrogens is 2. The van der Waals surface area contributed by atoms with Crippen LogP contribution in [0.4, 0.5) is 5.82 Å². The van der Waals surface area contributed by atoms with Crippen molar-refractivity contribution in [2.75, 3.05) is 25.0 Å². The van der Waals surface area contributed by atoms with Gasteiger partial charge in [0, 0.05) is 19.0 Å². The Morgan fingerprint density at radius 3 is 3.31 bits per heavy atom. The van der Waals surface area contributed by atoms with E-state index in [-0.39, 0.29) is 5.97 Å². The van der Waals surface area contributed by atoms with Crippen LogP contribution in [-0.4, -0.2) is 35.2 Å². The molecule has 0 aromatic carbocycles. The van der Waals surface area contributed by atoms with Crippen molar-refractivity contribution >= 4 is 11.8 Å². The molecule has 3 N–H and O–H groups in total. The molecule has 1 aromatic rings. The van der Waals surface area contributed by atoms with E-state index in [1.807, 2.05) is 4.57 Å². The smallest absolute Gasteiger partial charge is 0.360 e. The van der Waals surface area contributed by atoms with Crippen LogP contribution in [0.25, 0.3) is 0 Å². The summed E-state index contributed by atoms with van der Waals surface area (Å²) >= 11 is 0. The average Bonchev–Trinajstić information content (AvgIpc) is 2.71. The largest absolute Gasteiger partial charge is 0.461 e. The molecule has 1 unspecified atom stereocenters. The third kappa shape index (κ3) is 1.88. The molecule has 0 fully saturated rings. The van der Waals surface area contributed by atoms with E-state index in [0.717, 1.165) is 18.9 Å². The van der Waals surface area contributed by atoms with Gasteiger partial charge in [-0.3, -0.25) is 0 Å². The van der Waals surface area contributed by atoms with Crippen LogP contribution in [0.3, 0.4) is 0 Å². The summed E-state index contributed by atoms with van der Waals surface area (Å²) in [6.07, 6.45) is 1.65. The molecule has 2 heterocycles. The van der Waals surface area contributed by atoms with E-state index in [1.54, 1.807) is 13.3 Å². The number of imidazole rings is 1. The number of nitrogens with one attached hydrogen (secondary N) is 1. The second-order valence-electron chi connectivity index (χ2n) is 3.80. The van der Waals surface area contributed by atoms with Gasteiger partial charge >= 0.3 is 5.97 Å². The maximum atomic E-state index is 11.6. The summed E-state index contributed by atoms with van der Waals surface area (Å²) in [6, 6.07) is 0. The number of anilines is 1. The third-order valence-electron chi connectivity index (χ3n) is 2.65. The fraction of sp³-hybridized carbons (Fsp3) is 0.600. The number of fused-ring (bicyclic) bond motifs is 1. The lowest BCUT2D eigenvalue weighted by molar-refractivity contribution is 0.0521. The summed E-state index contributed by atoms with van der Waals surface area (Å²) in [4.78, 5) is 15.6. The van der Waals surface area contributed by atoms with E-state index >= 15 is 0 Å². The van der Waals surface area contributed by atoms with Crippen LogP contribution >= 0.6 is 0 Å². The predicted molar refractivity (Wildman–Crippen MR) is 59.2 cm³/mol. The Balaban J connectivity index is 2.19. The van der Waals surface area contributed by atoms with Crippen molar-refractivity contribution in [3.05, 3.63) is 12.0 Å². The van der Waals surface area contributed by atoms with E-state index < -0.39 is 0 Å². The number of carbonyl (C=O) groups excluding carboxylic acids is 1. The van der Waals surface area contributed by atoms with Crippen LogP contribution in [0.5, 0.6) is 0 Å². The summed E-state index contributed by atoms with van der Waals surface area (Å²) < 4.78 is 6.84. The van der Waals surface area contributed by atoms with Crippen molar-refractivity contribution in [3.63, 3.8) is 0 Å². The van der Waals surface area contributed by atoms with E-state index in [2.05, 4.69) is 10.3 Å². The van der Waals surface area contributed by atoms with Gasteiger partial charge in [0.1, 0.15) is 5.82 Å². The molecule has 1 aliphatic heterocycles. The van der Waals surface area contributed by atoms with Crippen molar-refractivity contribution in [3.8, 4) is 0 Å². The van der Waals surface area contributed by atoms with Crippen LogP contribution in [0, 0.1) is 5.92 Å². The normalized spacial score (nSPS) is 18.8. The first kappa shape index (κ1) is 10.9. The molecule has 6 heteroatoms. The first-order chi connectivity index (χ1) is 7.76. The van der Waals surface area contributed by atoms with Gasteiger partial charge in [-0.05, 0) is 13.5 Å². The van der Waals surface area contributed by atoms with E-state index in [1.165, 1.54) is 0 Å². The second kappa shape index (κ2) is 4.52. The number of hydrogen-bond donors (Lipinski definition) is 2. The zero-order chi connectivity index (χ0) is 11.5. The highest BCUT2D eigenvalue weighted by Crippen LogP contribution is 2.21. The van der Waals surface area contributed by atoms with Crippen molar-refractivity contribution in [2.24, 2.45) is 11.7 Å². The number of carbonyl (C=O) groups is 1. The van der Waals surface area contributed by atoms with Crippen LogP contribution in [0.2, 0.25) is 0 Å². The van der Waals surface area contributed by atoms with Crippen molar-refractivity contribution in [2.45, 2.75) is 13.5 Å². The van der Waals surface area contributed by atoms with Crippen LogP contribution in [0.1, 0.15) is 17.4 Å². The van der Waals surface area contributed by atoms with Crippen LogP contribution < -0.4 is 11.1 Å². The molecule has 0 saturated carbocycles. The first-order valence-corrected chi connectivity index (χ1v) is 5.42. The molecule has 1 atom stereocenters. The van der Waals surface area contributed by atoms with Crippen LogP contribution in [0.15, 0.2) is 6.33 Å². The molecule has 0 bridgehead atoms. The lowest BCUT2D eigenvalue weighted by Gasteiger charge is -2.24. The topological polar surface area (TPSA) is 82.2 Å². The molecule has 0 aliphatic carbocycles. The lowest BCUT2D eigenvalue weighted by atomic mass is 10.1. The summed E-state index contributed by atoms with van der Waals surface area (Å²) in [6.45, 7) is 4.33. The molecule has 0 spiro atoms. The molecule has 0 amide bonds. The van der Waals surface area contributed by atoms with E-state index in [4.69, 9.17) is 10.5 Å². The minimum Gasteiger partial charge on any atom is -0.461 e. The maximum absolute atomic E-state index is 11.6. The summed E-state index contributed by atoms with van der Waals surface area (Å²) in [5.41, 5.74) is 5.97. The Morgan fingerprint density at radius 2 is 2.62 bits per heavy atom. The fourth-order valence-corrected chi connectivity index (χ4v) is 1.80. The minimum atomic E-state index is -0.380. The second-order valence-corrected chi connectivity index (χ2v) is 3.80. The predicted octanol–water partition coefficient (Wildman–Crippen LogP) is 0.0602. The van der Waals surface area contributed by atoms with Gasteiger partial charge < -0.3 is 20.4 Å². The summed E-state index contributed by atoms with van der Waals surface area (Å²) in [5, 5.41) is 3.17. The van der Waals surface area contributed by atoms with Crippen molar-refractivity contribution in [1.82, 2.24) is 9.55 Å². The monoisotopic (exact) mass is 224 g/mol. The number of ether oxygens (including phenoxy) is 1. The van der Waals surface area contributed by atoms with Gasteiger partial charge in [0.2, 0.25) is 0 Å². The zero-order valence-corrected chi connectivity index (χ0v) is 9.27. The SMILES string of the molecule is CCOC(=O)c1ncn2c1NCC(CN)C2. The number of esters is 1. The molecule has 1 aromatic heterocycles. The Kier molecular flexibility index (Phi) is 3.09. The molecular weight excluding hydrogens is 208 g/mol. The molecule has 1 aliphatic rings. The molecular formula is C10H16N4O2. The Labute approximate surface area is 93.8 Å². The fourth-order valence-electron chi connectivity index (χ4n) is 1.80. The minimum absolute atomic E-state index is 0.358. The van der Waals surface area contributed by atoms with Gasteiger partial charge in [-0.25, -0.2) is 9.78 Å². The highest BCUT2D eigenvalue weighted by Gasteiger charge is 2.24. The van der Waals surface area contributed by atoms with E-state index in [0.29, 0.717) is 24.8 Å². The van der Waals surface area contributed by atoms with Gasteiger partial charge in [0.05, 0.1) is 12.9 Å². The molecule has 6 nitrogen and oxygen atoms in total. The third-order valence-corrected chi connectivity index (χ3v) is 2.65. The average molecular weight is 224 g/mol. The molecule has 0 radical (unpaired) electrons. The molecule has 16 heavy (non-hydrogen) atoms. The number of nitrogens with two attached hydrogens (primary N) is 1. The van der Waals surface area contributed by atoms with Crippen molar-refractivity contribution < 1.29 is 9.53 Å². The van der Waals surface area contributed by atoms with E-state index in [9.17, 15) is 4.79 Å².